The quantitative estimate of drug-likeness (QED) is 0.0362. The highest BCUT2D eigenvalue weighted by molar-refractivity contribution is 5.70. The molecule has 0 fully saturated rings. The molecule has 0 N–H and O–H groups in total. The Morgan fingerprint density at radius 2 is 0.900 bits per heavy atom. The Bertz CT molecular complexity index is 801. The predicted octanol–water partition coefficient (Wildman–Crippen LogP) is 13.9. The lowest BCUT2D eigenvalue weighted by molar-refractivity contribution is -0.163. The van der Waals surface area contributed by atoms with Crippen molar-refractivity contribution in [3.05, 3.63) is 36.5 Å². The van der Waals surface area contributed by atoms with Crippen molar-refractivity contribution < 1.29 is 23.8 Å². The van der Waals surface area contributed by atoms with Crippen LogP contribution in [0.15, 0.2) is 36.5 Å². The van der Waals surface area contributed by atoms with Gasteiger partial charge in [-0.15, -0.1) is 0 Å². The third-order valence-electron chi connectivity index (χ3n) is 9.19. The second-order valence-electron chi connectivity index (χ2n) is 14.2. The molecule has 0 bridgehead atoms. The first kappa shape index (κ1) is 48.1. The Balaban J connectivity index is 4.13. The molecule has 1 atom stereocenters. The molecule has 292 valence electrons. The number of rotatable bonds is 39. The maximum absolute atomic E-state index is 12.6. The van der Waals surface area contributed by atoms with Crippen LogP contribution in [0.3, 0.4) is 0 Å². The molecule has 0 amide bonds. The number of carbonyl (C=O) groups excluding carboxylic acids is 2. The topological polar surface area (TPSA) is 61.8 Å². The van der Waals surface area contributed by atoms with Crippen LogP contribution in [-0.4, -0.2) is 37.9 Å². The second kappa shape index (κ2) is 41.5. The van der Waals surface area contributed by atoms with E-state index in [-0.39, 0.29) is 25.2 Å². The number of hydrogen-bond donors (Lipinski definition) is 0. The van der Waals surface area contributed by atoms with E-state index < -0.39 is 6.10 Å². The number of ether oxygens (including phenoxy) is 3. The molecule has 0 aliphatic heterocycles. The summed E-state index contributed by atoms with van der Waals surface area (Å²) in [5, 5.41) is 0. The van der Waals surface area contributed by atoms with E-state index in [9.17, 15) is 9.59 Å². The molecule has 5 heteroatoms. The van der Waals surface area contributed by atoms with Crippen LogP contribution in [0.25, 0.3) is 0 Å². The van der Waals surface area contributed by atoms with Gasteiger partial charge in [0, 0.05) is 19.4 Å². The van der Waals surface area contributed by atoms with Gasteiger partial charge in [-0.3, -0.25) is 9.59 Å². The highest BCUT2D eigenvalue weighted by Crippen LogP contribution is 2.13. The number of unbranched alkanes of at least 4 members (excludes halogenated alkanes) is 22. The molecular formula is C45H82O5. The molecule has 0 saturated heterocycles. The Hall–Kier alpha value is -1.88. The first-order valence-corrected chi connectivity index (χ1v) is 21.5. The maximum atomic E-state index is 12.6. The Labute approximate surface area is 310 Å². The van der Waals surface area contributed by atoms with Crippen molar-refractivity contribution in [3.63, 3.8) is 0 Å². The van der Waals surface area contributed by atoms with Crippen LogP contribution < -0.4 is 0 Å². The minimum atomic E-state index is -0.529. The Morgan fingerprint density at radius 3 is 1.44 bits per heavy atom. The highest BCUT2D eigenvalue weighted by Gasteiger charge is 2.17. The van der Waals surface area contributed by atoms with E-state index in [4.69, 9.17) is 14.2 Å². The summed E-state index contributed by atoms with van der Waals surface area (Å²) in [5.74, 6) is -0.409. The summed E-state index contributed by atoms with van der Waals surface area (Å²) in [4.78, 5) is 25.0. The zero-order valence-corrected chi connectivity index (χ0v) is 33.4. The Kier molecular flexibility index (Phi) is 40.0. The smallest absolute Gasteiger partial charge is 0.306 e. The van der Waals surface area contributed by atoms with E-state index in [0.717, 1.165) is 64.2 Å². The number of hydrogen-bond acceptors (Lipinski definition) is 5. The molecule has 0 heterocycles. The molecule has 1 unspecified atom stereocenters. The zero-order valence-electron chi connectivity index (χ0n) is 33.4. The summed E-state index contributed by atoms with van der Waals surface area (Å²) in [6.07, 6.45) is 47.2. The van der Waals surface area contributed by atoms with Gasteiger partial charge in [0.2, 0.25) is 0 Å². The first-order valence-electron chi connectivity index (χ1n) is 21.5. The van der Waals surface area contributed by atoms with Crippen LogP contribution in [0.5, 0.6) is 0 Å². The lowest BCUT2D eigenvalue weighted by atomic mass is 10.1. The van der Waals surface area contributed by atoms with Gasteiger partial charge in [-0.2, -0.15) is 0 Å². The molecule has 0 aromatic carbocycles. The minimum Gasteiger partial charge on any atom is -0.462 e. The van der Waals surface area contributed by atoms with Crippen molar-refractivity contribution in [1.29, 1.82) is 0 Å². The third kappa shape index (κ3) is 38.9. The molecule has 0 aliphatic rings. The molecule has 0 spiro atoms. The van der Waals surface area contributed by atoms with Crippen LogP contribution in [0.2, 0.25) is 0 Å². The van der Waals surface area contributed by atoms with Crippen molar-refractivity contribution in [2.45, 2.75) is 219 Å². The lowest BCUT2D eigenvalue weighted by Crippen LogP contribution is -2.30. The molecule has 0 aromatic rings. The van der Waals surface area contributed by atoms with Crippen LogP contribution in [0.4, 0.5) is 0 Å². The van der Waals surface area contributed by atoms with E-state index in [1.807, 2.05) is 0 Å². The fourth-order valence-electron chi connectivity index (χ4n) is 5.99. The van der Waals surface area contributed by atoms with Gasteiger partial charge in [-0.1, -0.05) is 186 Å². The van der Waals surface area contributed by atoms with Crippen molar-refractivity contribution in [2.75, 3.05) is 19.8 Å². The van der Waals surface area contributed by atoms with Crippen LogP contribution in [-0.2, 0) is 23.8 Å². The fourth-order valence-corrected chi connectivity index (χ4v) is 5.99. The molecule has 0 saturated carbocycles. The van der Waals surface area contributed by atoms with Gasteiger partial charge < -0.3 is 14.2 Å². The lowest BCUT2D eigenvalue weighted by Gasteiger charge is -2.18. The van der Waals surface area contributed by atoms with Crippen molar-refractivity contribution in [2.24, 2.45) is 0 Å². The average molecular weight is 703 g/mol. The van der Waals surface area contributed by atoms with Crippen LogP contribution in [0.1, 0.15) is 213 Å². The molecule has 0 aliphatic carbocycles. The van der Waals surface area contributed by atoms with E-state index in [2.05, 4.69) is 57.2 Å². The van der Waals surface area contributed by atoms with E-state index in [0.29, 0.717) is 19.4 Å². The summed E-state index contributed by atoms with van der Waals surface area (Å²) < 4.78 is 17.2. The standard InChI is InChI=1S/C45H82O5/c1-4-7-10-13-16-18-20-21-22-23-24-25-26-27-30-32-35-38-44(46)49-42-43(50-45(47)39-36-33-29-15-12-9-6-3)41-48-40-37-34-31-28-19-17-14-11-8-5-2/h7,10,16,18,21-22,43H,4-6,8-9,11-15,17,19-20,23-42H2,1-3H3/b10-7-,18-16-,22-21-. The molecule has 5 nitrogen and oxygen atoms in total. The van der Waals surface area contributed by atoms with Gasteiger partial charge >= 0.3 is 11.9 Å². The third-order valence-corrected chi connectivity index (χ3v) is 9.19. The molecule has 0 aromatic heterocycles. The first-order chi connectivity index (χ1) is 24.6. The van der Waals surface area contributed by atoms with Gasteiger partial charge in [0.15, 0.2) is 6.10 Å². The number of carbonyl (C=O) groups is 2. The molecule has 50 heavy (non-hydrogen) atoms. The SMILES string of the molecule is CC/C=C\C/C=C\C/C=C\CCCCCCCCCC(=O)OCC(COCCCCCCCCCCCC)OC(=O)CCCCCCCCC. The van der Waals surface area contributed by atoms with Crippen LogP contribution >= 0.6 is 0 Å². The van der Waals surface area contributed by atoms with Gasteiger partial charge in [0.1, 0.15) is 6.61 Å². The minimum absolute atomic E-state index is 0.0840. The second-order valence-corrected chi connectivity index (χ2v) is 14.2. The zero-order chi connectivity index (χ0) is 36.4. The molecular weight excluding hydrogens is 620 g/mol. The predicted molar refractivity (Wildman–Crippen MR) is 215 cm³/mol. The maximum Gasteiger partial charge on any atom is 0.306 e. The van der Waals surface area contributed by atoms with Gasteiger partial charge in [-0.05, 0) is 51.4 Å². The van der Waals surface area contributed by atoms with Crippen LogP contribution in [0, 0.1) is 0 Å². The summed E-state index contributed by atoms with van der Waals surface area (Å²) in [5.41, 5.74) is 0. The summed E-state index contributed by atoms with van der Waals surface area (Å²) >= 11 is 0. The summed E-state index contributed by atoms with van der Waals surface area (Å²) in [6, 6.07) is 0. The average Bonchev–Trinajstić information content (AvgIpc) is 3.11. The monoisotopic (exact) mass is 703 g/mol. The van der Waals surface area contributed by atoms with Crippen molar-refractivity contribution in [1.82, 2.24) is 0 Å². The summed E-state index contributed by atoms with van der Waals surface area (Å²) in [6.45, 7) is 7.68. The van der Waals surface area contributed by atoms with Gasteiger partial charge in [0.05, 0.1) is 6.61 Å². The van der Waals surface area contributed by atoms with E-state index in [1.165, 1.54) is 116 Å². The highest BCUT2D eigenvalue weighted by atomic mass is 16.6. The molecule has 0 radical (unpaired) electrons. The van der Waals surface area contributed by atoms with Gasteiger partial charge in [-0.25, -0.2) is 0 Å². The normalized spacial score (nSPS) is 12.5. The van der Waals surface area contributed by atoms with E-state index in [1.54, 1.807) is 0 Å². The largest absolute Gasteiger partial charge is 0.462 e. The van der Waals surface area contributed by atoms with Gasteiger partial charge in [0.25, 0.3) is 0 Å². The number of allylic oxidation sites excluding steroid dienone is 6. The Morgan fingerprint density at radius 1 is 0.460 bits per heavy atom. The van der Waals surface area contributed by atoms with Crippen molar-refractivity contribution in [3.8, 4) is 0 Å². The summed E-state index contributed by atoms with van der Waals surface area (Å²) in [7, 11) is 0. The number of esters is 2. The molecule has 0 rings (SSSR count). The van der Waals surface area contributed by atoms with Crippen molar-refractivity contribution >= 4 is 11.9 Å². The fraction of sp³-hybridized carbons (Fsp3) is 0.822. The van der Waals surface area contributed by atoms with E-state index >= 15 is 0 Å².